The molecule has 0 amide bonds. The normalized spacial score (nSPS) is 19.7. The number of fused-ring (bicyclic) bond motifs is 10. The first kappa shape index (κ1) is 43.7. The van der Waals surface area contributed by atoms with Gasteiger partial charge in [-0.3, -0.25) is 0 Å². The van der Waals surface area contributed by atoms with E-state index in [1.54, 1.807) is 0 Å². The number of nitrogens with zero attached hydrogens (tertiary/aromatic N) is 2. The fraction of sp³-hybridized carbons (Fsp3) is 0.377. The highest BCUT2D eigenvalue weighted by Crippen LogP contribution is 2.55. The van der Waals surface area contributed by atoms with E-state index in [9.17, 15) is 0 Å². The average Bonchev–Trinajstić information content (AvgIpc) is 3.84. The third-order valence-corrected chi connectivity index (χ3v) is 19.1. The number of furan rings is 1. The number of hydrogen-bond donors (Lipinski definition) is 0. The topological polar surface area (TPSA) is 19.6 Å². The summed E-state index contributed by atoms with van der Waals surface area (Å²) in [7, 11) is 0. The Balaban J connectivity index is 1.18. The van der Waals surface area contributed by atoms with E-state index in [1.807, 2.05) is 11.3 Å². The van der Waals surface area contributed by atoms with E-state index >= 15 is 0 Å². The molecule has 0 unspecified atom stereocenters. The molecule has 0 atom stereocenters. The molecular weight excluding hydrogens is 946 g/mol. The monoisotopic (exact) mass is 1010 g/mol. The number of benzene rings is 5. The van der Waals surface area contributed by atoms with E-state index in [1.165, 1.54) is 128 Å². The molecule has 2 aliphatic heterocycles. The van der Waals surface area contributed by atoms with Crippen molar-refractivity contribution in [1.82, 2.24) is 0 Å². The van der Waals surface area contributed by atoms with Gasteiger partial charge in [0, 0.05) is 42.7 Å². The van der Waals surface area contributed by atoms with Gasteiger partial charge in [0.05, 0.1) is 15.1 Å². The van der Waals surface area contributed by atoms with Gasteiger partial charge in [-0.05, 0) is 207 Å². The van der Waals surface area contributed by atoms with Crippen molar-refractivity contribution in [3.05, 3.63) is 139 Å². The number of thiophene rings is 1. The summed E-state index contributed by atoms with van der Waals surface area (Å²) in [4.78, 5) is 5.27. The summed E-state index contributed by atoms with van der Waals surface area (Å²) < 4.78 is 11.2. The van der Waals surface area contributed by atoms with Gasteiger partial charge in [0.25, 0.3) is 6.71 Å². The summed E-state index contributed by atoms with van der Waals surface area (Å²) in [6.45, 7) is 26.8. The molecule has 12 rings (SSSR count). The van der Waals surface area contributed by atoms with E-state index < -0.39 is 0 Å². The molecule has 7 aromatic rings. The molecule has 0 bridgehead atoms. The van der Waals surface area contributed by atoms with Crippen molar-refractivity contribution in [3.63, 3.8) is 0 Å². The quantitative estimate of drug-likeness (QED) is 0.0973. The Kier molecular flexibility index (Phi) is 9.78. The van der Waals surface area contributed by atoms with Crippen LogP contribution in [0.2, 0.25) is 0 Å². The van der Waals surface area contributed by atoms with Crippen LogP contribution in [0.1, 0.15) is 147 Å². The average molecular weight is 1010 g/mol. The van der Waals surface area contributed by atoms with Gasteiger partial charge in [0.2, 0.25) is 0 Å². The molecular formula is C61H64BIN2OS. The van der Waals surface area contributed by atoms with Crippen LogP contribution in [0.5, 0.6) is 0 Å². The van der Waals surface area contributed by atoms with Gasteiger partial charge in [-0.1, -0.05) is 112 Å². The molecule has 0 saturated carbocycles. The molecule has 0 radical (unpaired) electrons. The molecule has 4 heterocycles. The van der Waals surface area contributed by atoms with Crippen LogP contribution in [-0.4, -0.2) is 6.71 Å². The first-order valence-corrected chi connectivity index (χ1v) is 26.9. The zero-order chi connectivity index (χ0) is 46.7. The Morgan fingerprint density at radius 2 is 1.40 bits per heavy atom. The van der Waals surface area contributed by atoms with Crippen molar-refractivity contribution in [2.24, 2.45) is 5.92 Å². The van der Waals surface area contributed by atoms with Gasteiger partial charge in [0.15, 0.2) is 5.58 Å². The van der Waals surface area contributed by atoms with Crippen LogP contribution in [0.15, 0.2) is 105 Å². The Bertz CT molecular complexity index is 3370. The standard InChI is InChI=1S/C61H64BIN2OS/c1-35(2)16-14-20-47-57(63)65(48-21-15-19-40-41-30-37-17-12-13-18-38(37)31-51(41)66-55(40)48)50-29-36(3)28-49-53(50)62(47)56-54(42-33-45-46(34-52(42)67-56)61(10,11)27-26-60(45,8)9)64(49)39-22-23-43-44(32-39)59(6,7)25-24-58(43,4)5/h13-15,18-23,28-35H,12,16-17,24-27H2,1-11H3/b20-14-. The molecule has 3 aliphatic carbocycles. The number of para-hydroxylation sites is 1. The highest BCUT2D eigenvalue weighted by atomic mass is 127. The Hall–Kier alpha value is -4.53. The number of anilines is 5. The van der Waals surface area contributed by atoms with Gasteiger partial charge >= 0.3 is 0 Å². The summed E-state index contributed by atoms with van der Waals surface area (Å²) in [6, 6.07) is 29.3. The second-order valence-corrected chi connectivity index (χ2v) is 25.9. The predicted octanol–water partition coefficient (Wildman–Crippen LogP) is 17.1. The molecule has 67 heavy (non-hydrogen) atoms. The first-order chi connectivity index (χ1) is 31.8. The van der Waals surface area contributed by atoms with Gasteiger partial charge in [-0.25, -0.2) is 0 Å². The molecule has 5 aromatic carbocycles. The fourth-order valence-corrected chi connectivity index (χ4v) is 15.0. The second kappa shape index (κ2) is 15.0. The van der Waals surface area contributed by atoms with Crippen molar-refractivity contribution < 1.29 is 4.42 Å². The van der Waals surface area contributed by atoms with Crippen LogP contribution < -0.4 is 20.0 Å². The number of allylic oxidation sites excluding steroid dienone is 4. The van der Waals surface area contributed by atoms with Gasteiger partial charge < -0.3 is 14.2 Å². The van der Waals surface area contributed by atoms with Crippen molar-refractivity contribution >= 4 is 117 Å². The van der Waals surface area contributed by atoms with Crippen LogP contribution >= 0.6 is 33.9 Å². The van der Waals surface area contributed by atoms with E-state index in [0.29, 0.717) is 5.92 Å². The maximum Gasteiger partial charge on any atom is 0.265 e. The van der Waals surface area contributed by atoms with Crippen molar-refractivity contribution in [2.75, 3.05) is 9.80 Å². The van der Waals surface area contributed by atoms with E-state index in [2.05, 4.69) is 206 Å². The van der Waals surface area contributed by atoms with Crippen LogP contribution in [0.4, 0.5) is 28.4 Å². The highest BCUT2D eigenvalue weighted by Gasteiger charge is 2.48. The second-order valence-electron chi connectivity index (χ2n) is 23.8. The van der Waals surface area contributed by atoms with Crippen LogP contribution in [-0.2, 0) is 28.1 Å². The first-order valence-electron chi connectivity index (χ1n) is 25.1. The van der Waals surface area contributed by atoms with Gasteiger partial charge in [-0.2, -0.15) is 0 Å². The van der Waals surface area contributed by atoms with Crippen LogP contribution in [0.3, 0.4) is 0 Å². The third-order valence-electron chi connectivity index (χ3n) is 16.8. The summed E-state index contributed by atoms with van der Waals surface area (Å²) in [5, 5.41) is 3.78. The highest BCUT2D eigenvalue weighted by molar-refractivity contribution is 14.1. The molecule has 0 N–H and O–H groups in total. The van der Waals surface area contributed by atoms with Gasteiger partial charge in [0.1, 0.15) is 5.58 Å². The Morgan fingerprint density at radius 3 is 2.12 bits per heavy atom. The van der Waals surface area contributed by atoms with E-state index in [-0.39, 0.29) is 28.4 Å². The largest absolute Gasteiger partial charge is 0.454 e. The summed E-state index contributed by atoms with van der Waals surface area (Å²) in [5.74, 6) is 0.558. The molecule has 6 heteroatoms. The minimum atomic E-state index is 0.0558. The van der Waals surface area contributed by atoms with Crippen LogP contribution in [0.25, 0.3) is 38.1 Å². The lowest BCUT2D eigenvalue weighted by Gasteiger charge is -2.45. The van der Waals surface area contributed by atoms with Crippen molar-refractivity contribution in [3.8, 4) is 0 Å². The van der Waals surface area contributed by atoms with Crippen molar-refractivity contribution in [2.45, 2.75) is 143 Å². The third kappa shape index (κ3) is 6.60. The lowest BCUT2D eigenvalue weighted by Crippen LogP contribution is -2.54. The molecule has 0 spiro atoms. The predicted molar refractivity (Wildman–Crippen MR) is 300 cm³/mol. The molecule has 0 fully saturated rings. The fourth-order valence-electron chi connectivity index (χ4n) is 12.7. The zero-order valence-corrected chi connectivity index (χ0v) is 44.4. The lowest BCUT2D eigenvalue weighted by molar-refractivity contribution is 0.332. The molecule has 3 nitrogen and oxygen atoms in total. The smallest absolute Gasteiger partial charge is 0.265 e. The molecule has 5 aliphatic rings. The number of aryl methyl sites for hydroxylation is 2. The SMILES string of the molecule is Cc1cc2c3c(c1)N(c1ccc4c(c1)C(C)(C)CCC4(C)C)c1c(sc4cc5c(cc14)C(C)(C)CCC5(C)C)B3C(/C=C\CC(C)C)=C(I)N2c1cccc2c1oc1cc3c(cc12)CCC=C3. The minimum absolute atomic E-state index is 0.0558. The maximum absolute atomic E-state index is 7.07. The zero-order valence-electron chi connectivity index (χ0n) is 41.4. The summed E-state index contributed by atoms with van der Waals surface area (Å²) in [5.41, 5.74) is 21.3. The maximum atomic E-state index is 7.07. The van der Waals surface area contributed by atoms with E-state index in [4.69, 9.17) is 4.42 Å². The van der Waals surface area contributed by atoms with E-state index in [0.717, 1.165) is 36.1 Å². The molecule has 340 valence electrons. The van der Waals surface area contributed by atoms with Crippen molar-refractivity contribution in [1.29, 1.82) is 0 Å². The number of rotatable bonds is 5. The number of halogens is 1. The molecule has 2 aromatic heterocycles. The van der Waals surface area contributed by atoms with Gasteiger partial charge in [-0.15, -0.1) is 11.3 Å². The minimum Gasteiger partial charge on any atom is -0.454 e. The molecule has 0 saturated heterocycles. The summed E-state index contributed by atoms with van der Waals surface area (Å²) in [6.07, 6.45) is 17.5. The van der Waals surface area contributed by atoms with Crippen LogP contribution in [0, 0.1) is 12.8 Å². The Morgan fingerprint density at radius 1 is 0.731 bits per heavy atom. The Labute approximate surface area is 416 Å². The summed E-state index contributed by atoms with van der Waals surface area (Å²) >= 11 is 4.75. The lowest BCUT2D eigenvalue weighted by atomic mass is 9.36. The number of hydrogen-bond acceptors (Lipinski definition) is 4.